The van der Waals surface area contributed by atoms with Crippen molar-refractivity contribution in [3.05, 3.63) is 35.6 Å². The van der Waals surface area contributed by atoms with E-state index in [0.29, 0.717) is 5.76 Å². The standard InChI is InChI=1S/C18H26O2/c1-3-4-5-6-7-8-12-16(19)17-13-15-11-9-10-14(2)18(15)20-17/h9-11,13,16,19H,3-8,12H2,1-2H3. The third-order valence-corrected chi connectivity index (χ3v) is 3.92. The van der Waals surface area contributed by atoms with Crippen molar-refractivity contribution in [2.24, 2.45) is 0 Å². The van der Waals surface area contributed by atoms with E-state index in [1.807, 2.05) is 31.2 Å². The molecule has 0 fully saturated rings. The molecule has 0 aliphatic carbocycles. The Labute approximate surface area is 121 Å². The Morgan fingerprint density at radius 3 is 2.60 bits per heavy atom. The lowest BCUT2D eigenvalue weighted by atomic mass is 10.1. The summed E-state index contributed by atoms with van der Waals surface area (Å²) in [5, 5.41) is 11.3. The van der Waals surface area contributed by atoms with E-state index in [0.717, 1.165) is 29.4 Å². The SMILES string of the molecule is CCCCCCCCC(O)c1cc2cccc(C)c2o1. The van der Waals surface area contributed by atoms with Gasteiger partial charge in [0.1, 0.15) is 17.4 Å². The quantitative estimate of drug-likeness (QED) is 0.642. The van der Waals surface area contributed by atoms with Crippen LogP contribution in [0, 0.1) is 6.92 Å². The third-order valence-electron chi connectivity index (χ3n) is 3.92. The number of aliphatic hydroxyl groups is 1. The fourth-order valence-electron chi connectivity index (χ4n) is 2.65. The molecule has 1 atom stereocenters. The Kier molecular flexibility index (Phi) is 5.66. The van der Waals surface area contributed by atoms with Crippen molar-refractivity contribution in [2.45, 2.75) is 64.9 Å². The number of aryl methyl sites for hydroxylation is 1. The van der Waals surface area contributed by atoms with E-state index < -0.39 is 6.10 Å². The molecule has 2 heteroatoms. The van der Waals surface area contributed by atoms with Gasteiger partial charge >= 0.3 is 0 Å². The predicted octanol–water partition coefficient (Wildman–Crippen LogP) is 5.53. The van der Waals surface area contributed by atoms with Crippen LogP contribution in [-0.4, -0.2) is 5.11 Å². The molecule has 1 N–H and O–H groups in total. The first kappa shape index (κ1) is 15.1. The van der Waals surface area contributed by atoms with Gasteiger partial charge in [-0.1, -0.05) is 63.6 Å². The Morgan fingerprint density at radius 2 is 1.85 bits per heavy atom. The van der Waals surface area contributed by atoms with Crippen molar-refractivity contribution in [3.63, 3.8) is 0 Å². The van der Waals surface area contributed by atoms with Crippen LogP contribution in [0.3, 0.4) is 0 Å². The molecule has 0 saturated heterocycles. The highest BCUT2D eigenvalue weighted by atomic mass is 16.4. The van der Waals surface area contributed by atoms with Crippen LogP contribution in [0.1, 0.15) is 69.3 Å². The average Bonchev–Trinajstić information content (AvgIpc) is 2.88. The van der Waals surface area contributed by atoms with Crippen molar-refractivity contribution >= 4 is 11.0 Å². The van der Waals surface area contributed by atoms with Gasteiger partial charge in [-0.2, -0.15) is 0 Å². The fraction of sp³-hybridized carbons (Fsp3) is 0.556. The van der Waals surface area contributed by atoms with Gasteiger partial charge in [-0.05, 0) is 25.0 Å². The first-order valence-electron chi connectivity index (χ1n) is 7.89. The number of hydrogen-bond donors (Lipinski definition) is 1. The summed E-state index contributed by atoms with van der Waals surface area (Å²) in [7, 11) is 0. The normalized spacial score (nSPS) is 12.9. The second-order valence-electron chi connectivity index (χ2n) is 5.71. The minimum Gasteiger partial charge on any atom is -0.458 e. The van der Waals surface area contributed by atoms with Gasteiger partial charge in [0.25, 0.3) is 0 Å². The van der Waals surface area contributed by atoms with Gasteiger partial charge in [-0.15, -0.1) is 0 Å². The Bertz CT molecular complexity index is 527. The van der Waals surface area contributed by atoms with Gasteiger partial charge in [0.05, 0.1) is 0 Å². The van der Waals surface area contributed by atoms with Crippen LogP contribution < -0.4 is 0 Å². The smallest absolute Gasteiger partial charge is 0.137 e. The lowest BCUT2D eigenvalue weighted by molar-refractivity contribution is 0.139. The highest BCUT2D eigenvalue weighted by Gasteiger charge is 2.13. The Hall–Kier alpha value is -1.28. The van der Waals surface area contributed by atoms with Crippen molar-refractivity contribution < 1.29 is 9.52 Å². The maximum atomic E-state index is 10.2. The highest BCUT2D eigenvalue weighted by molar-refractivity contribution is 5.80. The number of fused-ring (bicyclic) bond motifs is 1. The van der Waals surface area contributed by atoms with Crippen LogP contribution in [0.15, 0.2) is 28.7 Å². The average molecular weight is 274 g/mol. The van der Waals surface area contributed by atoms with E-state index in [1.165, 1.54) is 32.1 Å². The van der Waals surface area contributed by atoms with Crippen molar-refractivity contribution in [1.29, 1.82) is 0 Å². The molecule has 0 aliphatic heterocycles. The first-order valence-corrected chi connectivity index (χ1v) is 7.89. The molecular formula is C18H26O2. The maximum absolute atomic E-state index is 10.2. The predicted molar refractivity (Wildman–Crippen MR) is 83.9 cm³/mol. The molecule has 0 amide bonds. The molecule has 0 radical (unpaired) electrons. The summed E-state index contributed by atoms with van der Waals surface area (Å²) in [4.78, 5) is 0. The molecule has 110 valence electrons. The molecule has 1 aromatic heterocycles. The van der Waals surface area contributed by atoms with E-state index in [-0.39, 0.29) is 0 Å². The van der Waals surface area contributed by atoms with Crippen LogP contribution in [0.2, 0.25) is 0 Å². The molecule has 20 heavy (non-hydrogen) atoms. The molecule has 0 bridgehead atoms. The number of unbranched alkanes of at least 4 members (excludes halogenated alkanes) is 5. The van der Waals surface area contributed by atoms with Crippen molar-refractivity contribution in [2.75, 3.05) is 0 Å². The molecule has 0 spiro atoms. The second-order valence-corrected chi connectivity index (χ2v) is 5.71. The van der Waals surface area contributed by atoms with Gasteiger partial charge in [0.15, 0.2) is 0 Å². The van der Waals surface area contributed by atoms with Crippen LogP contribution in [-0.2, 0) is 0 Å². The number of aliphatic hydroxyl groups excluding tert-OH is 1. The summed E-state index contributed by atoms with van der Waals surface area (Å²) < 4.78 is 5.81. The van der Waals surface area contributed by atoms with E-state index in [1.54, 1.807) is 0 Å². The Morgan fingerprint density at radius 1 is 1.10 bits per heavy atom. The lowest BCUT2D eigenvalue weighted by Gasteiger charge is -2.07. The highest BCUT2D eigenvalue weighted by Crippen LogP contribution is 2.28. The first-order chi connectivity index (χ1) is 9.72. The number of benzene rings is 1. The van der Waals surface area contributed by atoms with Crippen molar-refractivity contribution in [3.8, 4) is 0 Å². The number of para-hydroxylation sites is 1. The van der Waals surface area contributed by atoms with Gasteiger partial charge in [-0.25, -0.2) is 0 Å². The number of rotatable bonds is 8. The largest absolute Gasteiger partial charge is 0.458 e. The van der Waals surface area contributed by atoms with E-state index >= 15 is 0 Å². The van der Waals surface area contributed by atoms with Crippen LogP contribution in [0.4, 0.5) is 0 Å². The minimum absolute atomic E-state index is 0.465. The molecule has 1 unspecified atom stereocenters. The topological polar surface area (TPSA) is 33.4 Å². The van der Waals surface area contributed by atoms with E-state index in [4.69, 9.17) is 4.42 Å². The molecule has 1 heterocycles. The lowest BCUT2D eigenvalue weighted by Crippen LogP contribution is -1.95. The molecule has 2 rings (SSSR count). The van der Waals surface area contributed by atoms with Gasteiger partial charge in [-0.3, -0.25) is 0 Å². The van der Waals surface area contributed by atoms with E-state index in [9.17, 15) is 5.11 Å². The zero-order valence-electron chi connectivity index (χ0n) is 12.7. The summed E-state index contributed by atoms with van der Waals surface area (Å²) in [6.07, 6.45) is 7.80. The zero-order valence-corrected chi connectivity index (χ0v) is 12.7. The van der Waals surface area contributed by atoms with Crippen molar-refractivity contribution in [1.82, 2.24) is 0 Å². The number of furan rings is 1. The zero-order chi connectivity index (χ0) is 14.4. The summed E-state index contributed by atoms with van der Waals surface area (Å²) in [5.41, 5.74) is 2.03. The van der Waals surface area contributed by atoms with E-state index in [2.05, 4.69) is 6.92 Å². The Balaban J connectivity index is 1.85. The summed E-state index contributed by atoms with van der Waals surface area (Å²) in [6.45, 7) is 4.27. The molecule has 0 aliphatic rings. The van der Waals surface area contributed by atoms with Gasteiger partial charge in [0.2, 0.25) is 0 Å². The van der Waals surface area contributed by atoms with Gasteiger partial charge in [0, 0.05) is 5.39 Å². The summed E-state index contributed by atoms with van der Waals surface area (Å²) >= 11 is 0. The number of hydrogen-bond acceptors (Lipinski definition) is 2. The van der Waals surface area contributed by atoms with Crippen LogP contribution in [0.5, 0.6) is 0 Å². The minimum atomic E-state index is -0.465. The molecular weight excluding hydrogens is 248 g/mol. The van der Waals surface area contributed by atoms with Gasteiger partial charge < -0.3 is 9.52 Å². The van der Waals surface area contributed by atoms with Crippen LogP contribution in [0.25, 0.3) is 11.0 Å². The molecule has 0 saturated carbocycles. The second kappa shape index (κ2) is 7.49. The molecule has 2 aromatic rings. The fourth-order valence-corrected chi connectivity index (χ4v) is 2.65. The monoisotopic (exact) mass is 274 g/mol. The maximum Gasteiger partial charge on any atom is 0.137 e. The van der Waals surface area contributed by atoms with Crippen LogP contribution >= 0.6 is 0 Å². The molecule has 1 aromatic carbocycles. The molecule has 2 nitrogen and oxygen atoms in total. The third kappa shape index (κ3) is 3.86. The summed E-state index contributed by atoms with van der Waals surface area (Å²) in [6, 6.07) is 8.07. The summed E-state index contributed by atoms with van der Waals surface area (Å²) in [5.74, 6) is 0.711.